The molecule has 13 rings (SSSR count). The second-order valence-corrected chi connectivity index (χ2v) is 17.0. The molecule has 0 unspecified atom stereocenters. The molecule has 9 aromatic carbocycles. The zero-order valence-electron chi connectivity index (χ0n) is 33.9. The summed E-state index contributed by atoms with van der Waals surface area (Å²) in [6, 6.07) is 75.7. The van der Waals surface area contributed by atoms with E-state index in [9.17, 15) is 0 Å². The SMILES string of the molecule is c1ccc(-c2ccc(-c3ccccc3)c(-n3c4ccccc4c4cc5c6ccccc6n(-c6nc(-c7ccccc7)nc(-c7cccc8c7sc7ccccc78)n6)c5cc43)c2)cc1. The standard InChI is InChI=1S/C57H35N5S/c1-4-17-36(18-5-1)39-31-32-40(37-19-6-2-7-20-37)50(33-39)61-48-28-13-10-23-41(48)46-34-47-42-24-11-14-29-49(42)62(52(47)35-51(46)61)57-59-55(38-21-8-3-9-22-38)58-56(60-57)45-27-16-26-44-43-25-12-15-30-53(43)63-54(44)45/h1-35H. The molecule has 4 heterocycles. The lowest BCUT2D eigenvalue weighted by Crippen LogP contribution is -2.06. The lowest BCUT2D eigenvalue weighted by atomic mass is 9.98. The quantitative estimate of drug-likeness (QED) is 0.168. The van der Waals surface area contributed by atoms with E-state index in [0.29, 0.717) is 17.6 Å². The van der Waals surface area contributed by atoms with Crippen LogP contribution in [0.4, 0.5) is 0 Å². The summed E-state index contributed by atoms with van der Waals surface area (Å²) in [6.07, 6.45) is 0. The molecular formula is C57H35N5S. The Kier molecular flexibility index (Phi) is 8.01. The fourth-order valence-corrected chi connectivity index (χ4v) is 10.7. The molecule has 0 amide bonds. The summed E-state index contributed by atoms with van der Waals surface area (Å²) >= 11 is 1.79. The number of thiophene rings is 1. The second-order valence-electron chi connectivity index (χ2n) is 16.0. The minimum Gasteiger partial charge on any atom is -0.309 e. The van der Waals surface area contributed by atoms with Crippen molar-refractivity contribution in [2.75, 3.05) is 0 Å². The zero-order valence-corrected chi connectivity index (χ0v) is 34.7. The van der Waals surface area contributed by atoms with Gasteiger partial charge < -0.3 is 4.57 Å². The van der Waals surface area contributed by atoms with Gasteiger partial charge in [-0.1, -0.05) is 170 Å². The van der Waals surface area contributed by atoms with Gasteiger partial charge in [-0.25, -0.2) is 4.98 Å². The van der Waals surface area contributed by atoms with Crippen LogP contribution in [0.3, 0.4) is 0 Å². The summed E-state index contributed by atoms with van der Waals surface area (Å²) < 4.78 is 7.10. The Morgan fingerprint density at radius 1 is 0.317 bits per heavy atom. The summed E-state index contributed by atoms with van der Waals surface area (Å²) in [7, 11) is 0. The van der Waals surface area contributed by atoms with E-state index in [1.807, 2.05) is 18.2 Å². The molecule has 0 bridgehead atoms. The van der Waals surface area contributed by atoms with Crippen LogP contribution in [0.1, 0.15) is 0 Å². The first-order chi connectivity index (χ1) is 31.2. The van der Waals surface area contributed by atoms with Crippen molar-refractivity contribution in [2.24, 2.45) is 0 Å². The van der Waals surface area contributed by atoms with Crippen LogP contribution in [0.25, 0.3) is 120 Å². The van der Waals surface area contributed by atoms with Crippen LogP contribution in [0, 0.1) is 0 Å². The average Bonchev–Trinajstić information content (AvgIpc) is 4.01. The first-order valence-corrected chi connectivity index (χ1v) is 22.0. The number of para-hydroxylation sites is 2. The highest BCUT2D eigenvalue weighted by molar-refractivity contribution is 7.26. The van der Waals surface area contributed by atoms with Crippen LogP contribution in [0.2, 0.25) is 0 Å². The van der Waals surface area contributed by atoms with Gasteiger partial charge in [0.1, 0.15) is 0 Å². The molecule has 13 aromatic rings. The summed E-state index contributed by atoms with van der Waals surface area (Å²) in [6.45, 7) is 0. The smallest absolute Gasteiger partial charge is 0.238 e. The van der Waals surface area contributed by atoms with Crippen molar-refractivity contribution in [1.29, 1.82) is 0 Å². The number of rotatable bonds is 6. The first-order valence-electron chi connectivity index (χ1n) is 21.2. The predicted molar refractivity (Wildman–Crippen MR) is 263 cm³/mol. The fraction of sp³-hybridized carbons (Fsp3) is 0. The van der Waals surface area contributed by atoms with E-state index in [-0.39, 0.29) is 0 Å². The Morgan fingerprint density at radius 3 is 1.62 bits per heavy atom. The molecule has 0 aliphatic heterocycles. The minimum atomic E-state index is 0.571. The van der Waals surface area contributed by atoms with Gasteiger partial charge in [0, 0.05) is 58.4 Å². The van der Waals surface area contributed by atoms with Gasteiger partial charge in [0.05, 0.1) is 27.8 Å². The molecule has 5 nitrogen and oxygen atoms in total. The molecule has 294 valence electrons. The van der Waals surface area contributed by atoms with E-state index in [1.54, 1.807) is 11.3 Å². The van der Waals surface area contributed by atoms with E-state index < -0.39 is 0 Å². The molecule has 0 saturated heterocycles. The van der Waals surface area contributed by atoms with Gasteiger partial charge in [-0.15, -0.1) is 11.3 Å². The molecule has 0 aliphatic rings. The van der Waals surface area contributed by atoms with E-state index in [1.165, 1.54) is 31.8 Å². The van der Waals surface area contributed by atoms with Gasteiger partial charge in [-0.05, 0) is 59.2 Å². The second kappa shape index (κ2) is 14.2. The number of fused-ring (bicyclic) bond motifs is 9. The monoisotopic (exact) mass is 821 g/mol. The van der Waals surface area contributed by atoms with Crippen molar-refractivity contribution in [1.82, 2.24) is 24.1 Å². The molecule has 0 aliphatic carbocycles. The number of nitrogens with zero attached hydrogens (tertiary/aromatic N) is 5. The minimum absolute atomic E-state index is 0.571. The van der Waals surface area contributed by atoms with Gasteiger partial charge in [-0.3, -0.25) is 4.57 Å². The maximum Gasteiger partial charge on any atom is 0.238 e. The predicted octanol–water partition coefficient (Wildman–Crippen LogP) is 15.1. The van der Waals surface area contributed by atoms with Crippen LogP contribution in [-0.2, 0) is 0 Å². The van der Waals surface area contributed by atoms with Crippen LogP contribution in [-0.4, -0.2) is 24.1 Å². The van der Waals surface area contributed by atoms with Crippen molar-refractivity contribution in [3.63, 3.8) is 0 Å². The number of hydrogen-bond donors (Lipinski definition) is 0. The van der Waals surface area contributed by atoms with Gasteiger partial charge in [0.2, 0.25) is 5.95 Å². The fourth-order valence-electron chi connectivity index (χ4n) is 9.52. The molecule has 6 heteroatoms. The topological polar surface area (TPSA) is 48.5 Å². The van der Waals surface area contributed by atoms with E-state index in [2.05, 4.69) is 203 Å². The Hall–Kier alpha value is -8.19. The molecular weight excluding hydrogens is 787 g/mol. The normalized spacial score (nSPS) is 11.8. The Balaban J connectivity index is 1.13. The van der Waals surface area contributed by atoms with Crippen molar-refractivity contribution in [2.45, 2.75) is 0 Å². The Morgan fingerprint density at radius 2 is 0.889 bits per heavy atom. The third-order valence-corrected chi connectivity index (χ3v) is 13.6. The summed E-state index contributed by atoms with van der Waals surface area (Å²) in [5.74, 6) is 1.84. The largest absolute Gasteiger partial charge is 0.309 e. The maximum absolute atomic E-state index is 5.44. The van der Waals surface area contributed by atoms with Crippen LogP contribution in [0.5, 0.6) is 0 Å². The highest BCUT2D eigenvalue weighted by atomic mass is 32.1. The number of aromatic nitrogens is 5. The van der Waals surface area contributed by atoms with E-state index in [4.69, 9.17) is 15.0 Å². The highest BCUT2D eigenvalue weighted by Gasteiger charge is 2.23. The summed E-state index contributed by atoms with van der Waals surface area (Å²) in [5.41, 5.74) is 12.0. The van der Waals surface area contributed by atoms with Crippen molar-refractivity contribution in [3.8, 4) is 56.7 Å². The first kappa shape index (κ1) is 35.6. The Bertz CT molecular complexity index is 3900. The van der Waals surface area contributed by atoms with Crippen molar-refractivity contribution < 1.29 is 0 Å². The van der Waals surface area contributed by atoms with E-state index in [0.717, 1.165) is 71.0 Å². The van der Waals surface area contributed by atoms with E-state index >= 15 is 0 Å². The van der Waals surface area contributed by atoms with Crippen LogP contribution < -0.4 is 0 Å². The number of benzene rings is 9. The third-order valence-electron chi connectivity index (χ3n) is 12.4. The molecule has 0 saturated carbocycles. The molecule has 0 N–H and O–H groups in total. The average molecular weight is 822 g/mol. The van der Waals surface area contributed by atoms with Crippen LogP contribution in [0.15, 0.2) is 212 Å². The summed E-state index contributed by atoms with van der Waals surface area (Å²) in [5, 5.41) is 7.09. The van der Waals surface area contributed by atoms with Crippen molar-refractivity contribution >= 4 is 75.1 Å². The lowest BCUT2D eigenvalue weighted by molar-refractivity contribution is 0.954. The maximum atomic E-state index is 5.44. The lowest BCUT2D eigenvalue weighted by Gasteiger charge is -2.16. The third kappa shape index (κ3) is 5.66. The molecule has 4 aromatic heterocycles. The molecule has 0 fully saturated rings. The van der Waals surface area contributed by atoms with Crippen molar-refractivity contribution in [3.05, 3.63) is 212 Å². The molecule has 0 radical (unpaired) electrons. The van der Waals surface area contributed by atoms with Crippen LogP contribution >= 0.6 is 11.3 Å². The number of hydrogen-bond acceptors (Lipinski definition) is 4. The molecule has 0 spiro atoms. The Labute approximate surface area is 366 Å². The highest BCUT2D eigenvalue weighted by Crippen LogP contribution is 2.43. The molecule has 0 atom stereocenters. The van der Waals surface area contributed by atoms with Gasteiger partial charge in [0.25, 0.3) is 0 Å². The zero-order chi connectivity index (χ0) is 41.4. The van der Waals surface area contributed by atoms with Gasteiger partial charge >= 0.3 is 0 Å². The molecule has 63 heavy (non-hydrogen) atoms. The summed E-state index contributed by atoms with van der Waals surface area (Å²) in [4.78, 5) is 16.0. The van der Waals surface area contributed by atoms with Gasteiger partial charge in [-0.2, -0.15) is 9.97 Å². The van der Waals surface area contributed by atoms with Gasteiger partial charge in [0.15, 0.2) is 11.6 Å².